The molecule has 0 atom stereocenters. The standard InChI is InChI=1S/C12H15NS/c1-8(2)11-7-9-10(13-11)5-4-6-12(9)14-3/h4-8,13H,1-3H3. The maximum Gasteiger partial charge on any atom is 0.0467 e. The van der Waals surface area contributed by atoms with Crippen LogP contribution >= 0.6 is 11.8 Å². The second-order valence-corrected chi connectivity index (χ2v) is 4.65. The van der Waals surface area contributed by atoms with Gasteiger partial charge in [-0.25, -0.2) is 0 Å². The van der Waals surface area contributed by atoms with Gasteiger partial charge in [0.15, 0.2) is 0 Å². The van der Waals surface area contributed by atoms with Crippen LogP contribution in [-0.4, -0.2) is 11.2 Å². The van der Waals surface area contributed by atoms with Crippen molar-refractivity contribution in [1.29, 1.82) is 0 Å². The van der Waals surface area contributed by atoms with E-state index in [4.69, 9.17) is 0 Å². The van der Waals surface area contributed by atoms with Crippen molar-refractivity contribution in [2.45, 2.75) is 24.7 Å². The number of hydrogen-bond acceptors (Lipinski definition) is 1. The third-order valence-corrected chi connectivity index (χ3v) is 3.28. The molecule has 0 saturated heterocycles. The number of thioether (sulfide) groups is 1. The number of H-pyrrole nitrogens is 1. The molecule has 2 aromatic rings. The summed E-state index contributed by atoms with van der Waals surface area (Å²) < 4.78 is 0. The summed E-state index contributed by atoms with van der Waals surface area (Å²) in [5.41, 5.74) is 2.57. The van der Waals surface area contributed by atoms with Crippen LogP contribution in [0.3, 0.4) is 0 Å². The Morgan fingerprint density at radius 2 is 2.07 bits per heavy atom. The van der Waals surface area contributed by atoms with Crippen LogP contribution in [0, 0.1) is 0 Å². The monoisotopic (exact) mass is 205 g/mol. The van der Waals surface area contributed by atoms with Gasteiger partial charge in [-0.3, -0.25) is 0 Å². The Kier molecular flexibility index (Phi) is 2.55. The Bertz CT molecular complexity index is 443. The molecule has 1 aromatic carbocycles. The van der Waals surface area contributed by atoms with Crippen molar-refractivity contribution < 1.29 is 0 Å². The molecule has 0 radical (unpaired) electrons. The molecular weight excluding hydrogens is 190 g/mol. The highest BCUT2D eigenvalue weighted by molar-refractivity contribution is 7.98. The van der Waals surface area contributed by atoms with E-state index in [0.717, 1.165) is 0 Å². The molecule has 14 heavy (non-hydrogen) atoms. The molecule has 0 amide bonds. The first-order valence-electron chi connectivity index (χ1n) is 4.88. The van der Waals surface area contributed by atoms with Crippen LogP contribution < -0.4 is 0 Å². The van der Waals surface area contributed by atoms with Crippen LogP contribution in [0.25, 0.3) is 10.9 Å². The molecule has 1 N–H and O–H groups in total. The molecule has 74 valence electrons. The van der Waals surface area contributed by atoms with Crippen molar-refractivity contribution in [1.82, 2.24) is 4.98 Å². The zero-order valence-corrected chi connectivity index (χ0v) is 9.61. The molecule has 1 nitrogen and oxygen atoms in total. The zero-order valence-electron chi connectivity index (χ0n) is 8.79. The molecule has 0 saturated carbocycles. The number of aromatic nitrogens is 1. The summed E-state index contributed by atoms with van der Waals surface area (Å²) in [4.78, 5) is 4.81. The van der Waals surface area contributed by atoms with E-state index in [0.29, 0.717) is 5.92 Å². The van der Waals surface area contributed by atoms with Crippen LogP contribution in [0.1, 0.15) is 25.5 Å². The van der Waals surface area contributed by atoms with E-state index in [9.17, 15) is 0 Å². The molecule has 0 spiro atoms. The molecule has 1 heterocycles. The molecule has 2 heteroatoms. The second-order valence-electron chi connectivity index (χ2n) is 3.80. The number of benzene rings is 1. The molecular formula is C12H15NS. The van der Waals surface area contributed by atoms with Gasteiger partial charge in [-0.2, -0.15) is 0 Å². The van der Waals surface area contributed by atoms with Gasteiger partial charge in [0, 0.05) is 21.5 Å². The van der Waals surface area contributed by atoms with E-state index in [1.54, 1.807) is 11.8 Å². The summed E-state index contributed by atoms with van der Waals surface area (Å²) in [6, 6.07) is 8.69. The summed E-state index contributed by atoms with van der Waals surface area (Å²) in [6.45, 7) is 4.42. The fraction of sp³-hybridized carbons (Fsp3) is 0.333. The minimum atomic E-state index is 0.567. The quantitative estimate of drug-likeness (QED) is 0.732. The third kappa shape index (κ3) is 1.55. The lowest BCUT2D eigenvalue weighted by molar-refractivity contribution is 0.836. The average Bonchev–Trinajstić information content (AvgIpc) is 2.60. The number of fused-ring (bicyclic) bond motifs is 1. The van der Waals surface area contributed by atoms with E-state index in [1.807, 2.05) is 0 Å². The van der Waals surface area contributed by atoms with Gasteiger partial charge in [-0.05, 0) is 30.4 Å². The summed E-state index contributed by atoms with van der Waals surface area (Å²) in [5, 5.41) is 1.35. The van der Waals surface area contributed by atoms with Gasteiger partial charge < -0.3 is 4.98 Å². The van der Waals surface area contributed by atoms with E-state index in [-0.39, 0.29) is 0 Å². The fourth-order valence-electron chi connectivity index (χ4n) is 1.64. The predicted octanol–water partition coefficient (Wildman–Crippen LogP) is 4.01. The topological polar surface area (TPSA) is 15.8 Å². The lowest BCUT2D eigenvalue weighted by Gasteiger charge is -1.97. The molecule has 0 unspecified atom stereocenters. The first-order chi connectivity index (χ1) is 6.72. The van der Waals surface area contributed by atoms with Gasteiger partial charge in [0.1, 0.15) is 0 Å². The highest BCUT2D eigenvalue weighted by Crippen LogP contribution is 2.28. The molecule has 0 aliphatic rings. The van der Waals surface area contributed by atoms with E-state index >= 15 is 0 Å². The Labute approximate surface area is 88.9 Å². The number of nitrogens with one attached hydrogen (secondary N) is 1. The van der Waals surface area contributed by atoms with E-state index in [2.05, 4.69) is 49.4 Å². The highest BCUT2D eigenvalue weighted by atomic mass is 32.2. The van der Waals surface area contributed by atoms with E-state index in [1.165, 1.54) is 21.5 Å². The highest BCUT2D eigenvalue weighted by Gasteiger charge is 2.06. The lowest BCUT2D eigenvalue weighted by Crippen LogP contribution is -1.84. The molecule has 0 bridgehead atoms. The lowest BCUT2D eigenvalue weighted by atomic mass is 10.1. The van der Waals surface area contributed by atoms with Gasteiger partial charge in [0.25, 0.3) is 0 Å². The average molecular weight is 205 g/mol. The van der Waals surface area contributed by atoms with Crippen molar-refractivity contribution >= 4 is 22.7 Å². The molecule has 2 rings (SSSR count). The maximum atomic E-state index is 3.46. The Hall–Kier alpha value is -0.890. The summed E-state index contributed by atoms with van der Waals surface area (Å²) >= 11 is 1.80. The number of hydrogen-bond donors (Lipinski definition) is 1. The SMILES string of the molecule is CSc1cccc2[nH]c(C(C)C)cc12. The Balaban J connectivity index is 2.64. The normalized spacial score (nSPS) is 11.4. The molecule has 1 aromatic heterocycles. The second kappa shape index (κ2) is 3.70. The van der Waals surface area contributed by atoms with Gasteiger partial charge >= 0.3 is 0 Å². The zero-order chi connectivity index (χ0) is 10.1. The summed E-state index contributed by atoms with van der Waals surface area (Å²) in [7, 11) is 0. The smallest absolute Gasteiger partial charge is 0.0467 e. The fourth-order valence-corrected chi connectivity index (χ4v) is 2.24. The first kappa shape index (κ1) is 9.66. The van der Waals surface area contributed by atoms with Crippen molar-refractivity contribution in [3.8, 4) is 0 Å². The van der Waals surface area contributed by atoms with Crippen LogP contribution in [0.4, 0.5) is 0 Å². The van der Waals surface area contributed by atoms with Gasteiger partial charge in [-0.1, -0.05) is 19.9 Å². The van der Waals surface area contributed by atoms with Gasteiger partial charge in [0.05, 0.1) is 0 Å². The van der Waals surface area contributed by atoms with Crippen molar-refractivity contribution in [2.24, 2.45) is 0 Å². The van der Waals surface area contributed by atoms with Crippen molar-refractivity contribution in [2.75, 3.05) is 6.26 Å². The summed E-state index contributed by atoms with van der Waals surface area (Å²) in [6.07, 6.45) is 2.12. The Morgan fingerprint density at radius 3 is 2.71 bits per heavy atom. The Morgan fingerprint density at radius 1 is 1.29 bits per heavy atom. The minimum Gasteiger partial charge on any atom is -0.358 e. The third-order valence-electron chi connectivity index (χ3n) is 2.49. The maximum absolute atomic E-state index is 3.46. The van der Waals surface area contributed by atoms with Gasteiger partial charge in [-0.15, -0.1) is 11.8 Å². The van der Waals surface area contributed by atoms with Crippen LogP contribution in [0.5, 0.6) is 0 Å². The minimum absolute atomic E-state index is 0.567. The molecule has 0 aliphatic heterocycles. The number of rotatable bonds is 2. The van der Waals surface area contributed by atoms with Crippen molar-refractivity contribution in [3.05, 3.63) is 30.0 Å². The van der Waals surface area contributed by atoms with Crippen LogP contribution in [-0.2, 0) is 0 Å². The van der Waals surface area contributed by atoms with E-state index < -0.39 is 0 Å². The molecule has 0 fully saturated rings. The molecule has 0 aliphatic carbocycles. The first-order valence-corrected chi connectivity index (χ1v) is 6.10. The van der Waals surface area contributed by atoms with Crippen LogP contribution in [0.2, 0.25) is 0 Å². The van der Waals surface area contributed by atoms with Crippen molar-refractivity contribution in [3.63, 3.8) is 0 Å². The summed E-state index contributed by atoms with van der Waals surface area (Å²) in [5.74, 6) is 0.567. The van der Waals surface area contributed by atoms with Crippen LogP contribution in [0.15, 0.2) is 29.2 Å². The van der Waals surface area contributed by atoms with Gasteiger partial charge in [0.2, 0.25) is 0 Å². The number of aromatic amines is 1. The predicted molar refractivity (Wildman–Crippen MR) is 64.2 cm³/mol. The largest absolute Gasteiger partial charge is 0.358 e.